The van der Waals surface area contributed by atoms with E-state index in [1.54, 1.807) is 0 Å². The van der Waals surface area contributed by atoms with Gasteiger partial charge in [0, 0.05) is 19.3 Å². The summed E-state index contributed by atoms with van der Waals surface area (Å²) in [5, 5.41) is -0.634. The Morgan fingerprint density at radius 1 is 1.20 bits per heavy atom. The fourth-order valence-corrected chi connectivity index (χ4v) is 4.85. The van der Waals surface area contributed by atoms with Crippen LogP contribution in [-0.4, -0.2) is 45.7 Å². The van der Waals surface area contributed by atoms with Crippen LogP contribution in [0.5, 0.6) is 0 Å². The first-order valence-electron chi connectivity index (χ1n) is 6.09. The van der Waals surface area contributed by atoms with Gasteiger partial charge in [-0.05, 0) is 24.1 Å². The smallest absolute Gasteiger partial charge is 0.218 e. The van der Waals surface area contributed by atoms with Gasteiger partial charge in [-0.2, -0.15) is 0 Å². The van der Waals surface area contributed by atoms with Crippen LogP contribution in [0, 0.1) is 5.82 Å². The van der Waals surface area contributed by atoms with Crippen LogP contribution in [0.3, 0.4) is 0 Å². The molecule has 112 valence electrons. The minimum absolute atomic E-state index is 0.00234. The van der Waals surface area contributed by atoms with Crippen LogP contribution in [0.2, 0.25) is 0 Å². The fraction of sp³-hybridized carbons (Fsp3) is 0.500. The van der Waals surface area contributed by atoms with E-state index >= 15 is 0 Å². The van der Waals surface area contributed by atoms with E-state index in [4.69, 9.17) is 0 Å². The van der Waals surface area contributed by atoms with Gasteiger partial charge in [0.15, 0.2) is 9.84 Å². The molecule has 0 saturated carbocycles. The Hall–Kier alpha value is -0.990. The standard InChI is InChI=1S/C12H16FNO4S2/c1-19(15,16)12-6-7-14(8-12)20(17,18)9-10-2-4-11(13)5-3-10/h2-5,12H,6-9H2,1H3/t12-/m1/s1. The van der Waals surface area contributed by atoms with Gasteiger partial charge >= 0.3 is 0 Å². The lowest BCUT2D eigenvalue weighted by molar-refractivity contribution is 0.476. The Morgan fingerprint density at radius 2 is 1.80 bits per heavy atom. The summed E-state index contributed by atoms with van der Waals surface area (Å²) < 4.78 is 61.2. The van der Waals surface area contributed by atoms with Gasteiger partial charge < -0.3 is 0 Å². The zero-order valence-electron chi connectivity index (χ0n) is 11.0. The molecule has 1 atom stereocenters. The lowest BCUT2D eigenvalue weighted by Crippen LogP contribution is -2.32. The highest BCUT2D eigenvalue weighted by molar-refractivity contribution is 7.91. The van der Waals surface area contributed by atoms with Crippen LogP contribution >= 0.6 is 0 Å². The topological polar surface area (TPSA) is 71.5 Å². The Bertz CT molecular complexity index is 683. The Labute approximate surface area is 118 Å². The predicted molar refractivity (Wildman–Crippen MR) is 73.8 cm³/mol. The first-order valence-corrected chi connectivity index (χ1v) is 9.66. The molecule has 5 nitrogen and oxygen atoms in total. The van der Waals surface area contributed by atoms with Gasteiger partial charge in [0.05, 0.1) is 11.0 Å². The second-order valence-corrected chi connectivity index (χ2v) is 9.28. The van der Waals surface area contributed by atoms with E-state index in [9.17, 15) is 21.2 Å². The van der Waals surface area contributed by atoms with Crippen molar-refractivity contribution in [2.24, 2.45) is 0 Å². The Morgan fingerprint density at radius 3 is 2.30 bits per heavy atom. The number of sulfone groups is 1. The van der Waals surface area contributed by atoms with E-state index < -0.39 is 30.9 Å². The quantitative estimate of drug-likeness (QED) is 0.821. The number of hydrogen-bond acceptors (Lipinski definition) is 4. The molecule has 0 aliphatic carbocycles. The van der Waals surface area contributed by atoms with Crippen molar-refractivity contribution in [3.05, 3.63) is 35.6 Å². The average molecular weight is 321 g/mol. The van der Waals surface area contributed by atoms with Crippen molar-refractivity contribution in [1.29, 1.82) is 0 Å². The Balaban J connectivity index is 2.10. The summed E-state index contributed by atoms with van der Waals surface area (Å²) >= 11 is 0. The van der Waals surface area contributed by atoms with Crippen molar-refractivity contribution in [2.75, 3.05) is 19.3 Å². The fourth-order valence-electron chi connectivity index (χ4n) is 2.18. The molecule has 1 aliphatic heterocycles. The molecule has 1 fully saturated rings. The van der Waals surface area contributed by atoms with E-state index in [-0.39, 0.29) is 18.8 Å². The first-order chi connectivity index (χ1) is 9.18. The van der Waals surface area contributed by atoms with Crippen LogP contribution in [0.1, 0.15) is 12.0 Å². The molecular formula is C12H16FNO4S2. The van der Waals surface area contributed by atoms with Crippen LogP contribution in [0.15, 0.2) is 24.3 Å². The second kappa shape index (κ2) is 5.42. The van der Waals surface area contributed by atoms with Crippen molar-refractivity contribution in [2.45, 2.75) is 17.4 Å². The third-order valence-corrected chi connectivity index (χ3v) is 6.78. The molecule has 0 N–H and O–H groups in total. The minimum atomic E-state index is -3.57. The van der Waals surface area contributed by atoms with E-state index in [0.717, 1.165) is 6.26 Å². The maximum Gasteiger partial charge on any atom is 0.218 e. The van der Waals surface area contributed by atoms with Gasteiger partial charge in [0.1, 0.15) is 5.82 Å². The van der Waals surface area contributed by atoms with Gasteiger partial charge in [0.25, 0.3) is 0 Å². The van der Waals surface area contributed by atoms with Crippen molar-refractivity contribution in [1.82, 2.24) is 4.31 Å². The second-order valence-electron chi connectivity index (χ2n) is 4.98. The number of sulfonamides is 1. The molecule has 0 radical (unpaired) electrons. The molecule has 0 bridgehead atoms. The van der Waals surface area contributed by atoms with Crippen molar-refractivity contribution < 1.29 is 21.2 Å². The maximum absolute atomic E-state index is 12.8. The summed E-state index contributed by atoms with van der Waals surface area (Å²) in [5.41, 5.74) is 0.481. The van der Waals surface area contributed by atoms with Crippen LogP contribution < -0.4 is 0 Å². The molecule has 0 amide bonds. The molecule has 1 aromatic carbocycles. The molecule has 1 saturated heterocycles. The molecule has 1 aromatic rings. The number of halogens is 1. The summed E-state index contributed by atoms with van der Waals surface area (Å²) in [7, 11) is -6.80. The van der Waals surface area contributed by atoms with Gasteiger partial charge in [-0.3, -0.25) is 0 Å². The highest BCUT2D eigenvalue weighted by atomic mass is 32.2. The van der Waals surface area contributed by atoms with Gasteiger partial charge in [-0.25, -0.2) is 25.5 Å². The number of hydrogen-bond donors (Lipinski definition) is 0. The van der Waals surface area contributed by atoms with Crippen LogP contribution in [-0.2, 0) is 25.6 Å². The van der Waals surface area contributed by atoms with E-state index in [1.165, 1.54) is 28.6 Å². The molecule has 0 aromatic heterocycles. The Kier molecular flexibility index (Phi) is 4.17. The van der Waals surface area contributed by atoms with Crippen molar-refractivity contribution in [3.63, 3.8) is 0 Å². The predicted octanol–water partition coefficient (Wildman–Crippen LogP) is 0.774. The van der Waals surface area contributed by atoms with Crippen molar-refractivity contribution >= 4 is 19.9 Å². The third kappa shape index (κ3) is 3.56. The lowest BCUT2D eigenvalue weighted by atomic mass is 10.2. The van der Waals surface area contributed by atoms with E-state index in [0.29, 0.717) is 12.0 Å². The summed E-state index contributed by atoms with van der Waals surface area (Å²) in [6.45, 7) is 0.212. The first kappa shape index (κ1) is 15.4. The molecular weight excluding hydrogens is 305 g/mol. The highest BCUT2D eigenvalue weighted by Crippen LogP contribution is 2.21. The summed E-state index contributed by atoms with van der Waals surface area (Å²) in [6.07, 6.45) is 1.44. The van der Waals surface area contributed by atoms with E-state index in [1.807, 2.05) is 0 Å². The molecule has 20 heavy (non-hydrogen) atoms. The van der Waals surface area contributed by atoms with E-state index in [2.05, 4.69) is 0 Å². The molecule has 2 rings (SSSR count). The highest BCUT2D eigenvalue weighted by Gasteiger charge is 2.36. The summed E-state index contributed by atoms with van der Waals surface area (Å²) in [5.74, 6) is -0.673. The SMILES string of the molecule is CS(=O)(=O)[C@@H]1CCN(S(=O)(=O)Cc2ccc(F)cc2)C1. The van der Waals surface area contributed by atoms with Gasteiger partial charge in [0.2, 0.25) is 10.0 Å². The zero-order chi connectivity index (χ0) is 15.0. The molecule has 8 heteroatoms. The summed E-state index contributed by atoms with van der Waals surface area (Å²) in [6, 6.07) is 5.23. The minimum Gasteiger partial charge on any atom is -0.229 e. The average Bonchev–Trinajstić information content (AvgIpc) is 2.82. The molecule has 0 spiro atoms. The maximum atomic E-state index is 12.8. The lowest BCUT2D eigenvalue weighted by Gasteiger charge is -2.16. The zero-order valence-corrected chi connectivity index (χ0v) is 12.6. The third-order valence-electron chi connectivity index (χ3n) is 3.37. The van der Waals surface area contributed by atoms with Gasteiger partial charge in [-0.1, -0.05) is 12.1 Å². The number of nitrogens with zero attached hydrogens (tertiary/aromatic N) is 1. The normalized spacial score (nSPS) is 21.2. The molecule has 0 unspecified atom stereocenters. The van der Waals surface area contributed by atoms with Crippen molar-refractivity contribution in [3.8, 4) is 0 Å². The molecule has 1 heterocycles. The number of benzene rings is 1. The van der Waals surface area contributed by atoms with Crippen LogP contribution in [0.25, 0.3) is 0 Å². The monoisotopic (exact) mass is 321 g/mol. The van der Waals surface area contributed by atoms with Crippen LogP contribution in [0.4, 0.5) is 4.39 Å². The summed E-state index contributed by atoms with van der Waals surface area (Å²) in [4.78, 5) is 0. The largest absolute Gasteiger partial charge is 0.229 e. The number of rotatable bonds is 4. The molecule has 1 aliphatic rings. The van der Waals surface area contributed by atoms with Gasteiger partial charge in [-0.15, -0.1) is 0 Å².